The van der Waals surface area contributed by atoms with E-state index in [0.29, 0.717) is 47.8 Å². The van der Waals surface area contributed by atoms with Crippen LogP contribution in [0.5, 0.6) is 11.5 Å². The van der Waals surface area contributed by atoms with Crippen molar-refractivity contribution < 1.29 is 19.8 Å². The lowest BCUT2D eigenvalue weighted by atomic mass is 10.1. The van der Waals surface area contributed by atoms with E-state index in [1.807, 2.05) is 35.0 Å². The Kier molecular flexibility index (Phi) is 7.58. The number of nitrogens with one attached hydrogen (secondary N) is 1. The molecule has 9 nitrogen and oxygen atoms in total. The zero-order valence-electron chi connectivity index (χ0n) is 18.5. The smallest absolute Gasteiger partial charge is 0.158 e. The topological polar surface area (TPSA) is 114 Å². The first kappa shape index (κ1) is 23.5. The maximum Gasteiger partial charge on any atom is 0.158 e. The number of aromatic nitrogens is 3. The van der Waals surface area contributed by atoms with Gasteiger partial charge in [-0.05, 0) is 43.3 Å². The third-order valence-corrected chi connectivity index (χ3v) is 5.38. The second kappa shape index (κ2) is 11.0. The van der Waals surface area contributed by atoms with Gasteiger partial charge in [-0.2, -0.15) is 0 Å². The number of nitrogens with zero attached hydrogens (tertiary/aromatic N) is 4. The summed E-state index contributed by atoms with van der Waals surface area (Å²) < 4.78 is 13.3. The van der Waals surface area contributed by atoms with Crippen molar-refractivity contribution in [2.75, 3.05) is 25.1 Å². The number of ether oxygens (including phenoxy) is 2. The molecule has 0 spiro atoms. The second-order valence-electron chi connectivity index (χ2n) is 7.39. The third kappa shape index (κ3) is 5.45. The van der Waals surface area contributed by atoms with Crippen molar-refractivity contribution in [2.24, 2.45) is 5.16 Å². The number of fused-ring (bicyclic) bond motifs is 1. The molecule has 4 rings (SSSR count). The summed E-state index contributed by atoms with van der Waals surface area (Å²) in [5.41, 5.74) is 3.60. The van der Waals surface area contributed by atoms with Gasteiger partial charge in [0.15, 0.2) is 5.82 Å². The van der Waals surface area contributed by atoms with Gasteiger partial charge >= 0.3 is 0 Å². The van der Waals surface area contributed by atoms with Crippen LogP contribution in [0.25, 0.3) is 11.0 Å². The van der Waals surface area contributed by atoms with E-state index in [0.717, 1.165) is 22.3 Å². The van der Waals surface area contributed by atoms with Gasteiger partial charge in [0.1, 0.15) is 23.3 Å². The number of oxime groups is 1. The Bertz CT molecular complexity index is 1310. The monoisotopic (exact) mass is 481 g/mol. The molecule has 176 valence electrons. The molecule has 0 atom stereocenters. The zero-order valence-corrected chi connectivity index (χ0v) is 19.2. The van der Waals surface area contributed by atoms with Gasteiger partial charge in [-0.1, -0.05) is 28.9 Å². The van der Waals surface area contributed by atoms with Gasteiger partial charge in [-0.3, -0.25) is 0 Å². The molecule has 0 aliphatic rings. The Hall–Kier alpha value is -3.66. The Morgan fingerprint density at radius 1 is 1.15 bits per heavy atom. The van der Waals surface area contributed by atoms with Crippen LogP contribution in [0.1, 0.15) is 12.5 Å². The van der Waals surface area contributed by atoms with Crippen LogP contribution in [-0.2, 0) is 11.3 Å². The second-order valence-corrected chi connectivity index (χ2v) is 7.79. The Morgan fingerprint density at radius 3 is 2.82 bits per heavy atom. The van der Waals surface area contributed by atoms with Crippen LogP contribution in [0.15, 0.2) is 66.2 Å². The fourth-order valence-corrected chi connectivity index (χ4v) is 3.63. The van der Waals surface area contributed by atoms with Gasteiger partial charge in [0.05, 0.1) is 36.1 Å². The van der Waals surface area contributed by atoms with Crippen LogP contribution < -0.4 is 10.1 Å². The summed E-state index contributed by atoms with van der Waals surface area (Å²) >= 11 is 6.50. The van der Waals surface area contributed by atoms with E-state index in [1.165, 1.54) is 6.33 Å². The first-order valence-corrected chi connectivity index (χ1v) is 11.0. The van der Waals surface area contributed by atoms with Crippen molar-refractivity contribution in [1.29, 1.82) is 0 Å². The quantitative estimate of drug-likeness (QED) is 0.129. The SMILES string of the molecule is C/C(=N\O)c1cccc(Oc2ccc(Nc3ncnc4ccn(CCOCCO)c34)cc2Cl)c1. The summed E-state index contributed by atoms with van der Waals surface area (Å²) in [6.07, 6.45) is 3.43. The highest BCUT2D eigenvalue weighted by atomic mass is 35.5. The molecule has 2 aromatic carbocycles. The number of benzene rings is 2. The number of anilines is 2. The molecule has 3 N–H and O–H groups in total. The number of hydrogen-bond acceptors (Lipinski definition) is 8. The standard InChI is InChI=1S/C24H24ClN5O4/c1-16(29-32)17-3-2-4-19(13-17)34-22-6-5-18(14-20(22)25)28-24-23-21(26-15-27-24)7-8-30(23)9-11-33-12-10-31/h2-8,13-15,31-32H,9-12H2,1H3,(H,26,27,28)/b29-16+. The number of hydrogen-bond donors (Lipinski definition) is 3. The molecule has 34 heavy (non-hydrogen) atoms. The maximum absolute atomic E-state index is 8.99. The van der Waals surface area contributed by atoms with Gasteiger partial charge in [-0.15, -0.1) is 0 Å². The van der Waals surface area contributed by atoms with Crippen molar-refractivity contribution in [1.82, 2.24) is 14.5 Å². The molecule has 0 aliphatic carbocycles. The van der Waals surface area contributed by atoms with E-state index in [9.17, 15) is 0 Å². The summed E-state index contributed by atoms with van der Waals surface area (Å²) in [5, 5.41) is 24.8. The molecule has 0 saturated carbocycles. The average molecular weight is 482 g/mol. The fraction of sp³-hybridized carbons (Fsp3) is 0.208. The van der Waals surface area contributed by atoms with Crippen molar-refractivity contribution >= 4 is 39.9 Å². The van der Waals surface area contributed by atoms with Crippen LogP contribution in [0, 0.1) is 0 Å². The maximum atomic E-state index is 8.99. The van der Waals surface area contributed by atoms with Gasteiger partial charge in [-0.25, -0.2) is 9.97 Å². The van der Waals surface area contributed by atoms with Gasteiger partial charge in [0.25, 0.3) is 0 Å². The van der Waals surface area contributed by atoms with Crippen molar-refractivity contribution in [3.63, 3.8) is 0 Å². The minimum Gasteiger partial charge on any atom is -0.456 e. The summed E-state index contributed by atoms with van der Waals surface area (Å²) in [6, 6.07) is 14.5. The third-order valence-electron chi connectivity index (χ3n) is 5.09. The van der Waals surface area contributed by atoms with Crippen molar-refractivity contribution in [3.05, 3.63) is 71.6 Å². The minimum atomic E-state index is -0.00912. The lowest BCUT2D eigenvalue weighted by molar-refractivity contribution is 0.0875. The predicted octanol–water partition coefficient (Wildman–Crippen LogP) is 4.83. The van der Waals surface area contributed by atoms with Crippen LogP contribution >= 0.6 is 11.6 Å². The average Bonchev–Trinajstić information content (AvgIpc) is 3.27. The number of aliphatic hydroxyl groups is 1. The molecule has 0 fully saturated rings. The van der Waals surface area contributed by atoms with Crippen LogP contribution in [-0.4, -0.2) is 50.4 Å². The molecule has 10 heteroatoms. The van der Waals surface area contributed by atoms with Crippen molar-refractivity contribution in [3.8, 4) is 11.5 Å². The number of rotatable bonds is 10. The Balaban J connectivity index is 1.52. The fourth-order valence-electron chi connectivity index (χ4n) is 3.41. The molecule has 0 aliphatic heterocycles. The first-order chi connectivity index (χ1) is 16.6. The van der Waals surface area contributed by atoms with Gasteiger partial charge in [0, 0.05) is 24.0 Å². The summed E-state index contributed by atoms with van der Waals surface area (Å²) in [6.45, 7) is 3.05. The van der Waals surface area contributed by atoms with E-state index >= 15 is 0 Å². The molecule has 0 saturated heterocycles. The highest BCUT2D eigenvalue weighted by molar-refractivity contribution is 6.32. The normalized spacial score (nSPS) is 11.7. The van der Waals surface area contributed by atoms with Gasteiger partial charge in [0.2, 0.25) is 0 Å². The Morgan fingerprint density at radius 2 is 2.03 bits per heavy atom. The van der Waals surface area contributed by atoms with Crippen LogP contribution in [0.2, 0.25) is 5.02 Å². The lowest BCUT2D eigenvalue weighted by Gasteiger charge is -2.13. The molecule has 0 unspecified atom stereocenters. The van der Waals surface area contributed by atoms with Crippen molar-refractivity contribution in [2.45, 2.75) is 13.5 Å². The van der Waals surface area contributed by atoms with E-state index < -0.39 is 0 Å². The molecule has 0 radical (unpaired) electrons. The van der Waals surface area contributed by atoms with E-state index in [1.54, 1.807) is 31.2 Å². The zero-order chi connectivity index (χ0) is 23.9. The van der Waals surface area contributed by atoms with E-state index in [4.69, 9.17) is 31.4 Å². The lowest BCUT2D eigenvalue weighted by Crippen LogP contribution is -2.09. The van der Waals surface area contributed by atoms with Crippen LogP contribution in [0.3, 0.4) is 0 Å². The summed E-state index contributed by atoms with van der Waals surface area (Å²) in [5.74, 6) is 1.69. The molecule has 2 aromatic heterocycles. The molecule has 0 bridgehead atoms. The highest BCUT2D eigenvalue weighted by Crippen LogP contribution is 2.33. The molecule has 4 aromatic rings. The number of halogens is 1. The summed E-state index contributed by atoms with van der Waals surface area (Å²) in [4.78, 5) is 8.73. The van der Waals surface area contributed by atoms with Gasteiger partial charge < -0.3 is 29.7 Å². The number of aliphatic hydroxyl groups excluding tert-OH is 1. The largest absolute Gasteiger partial charge is 0.456 e. The molecule has 2 heterocycles. The molecular formula is C24H24ClN5O4. The Labute approximate surface area is 201 Å². The molecular weight excluding hydrogens is 458 g/mol. The van der Waals surface area contributed by atoms with E-state index in [-0.39, 0.29) is 6.61 Å². The van der Waals surface area contributed by atoms with E-state index in [2.05, 4.69) is 20.4 Å². The molecule has 0 amide bonds. The predicted molar refractivity (Wildman–Crippen MR) is 131 cm³/mol. The summed E-state index contributed by atoms with van der Waals surface area (Å²) in [7, 11) is 0. The van der Waals surface area contributed by atoms with Crippen LogP contribution in [0.4, 0.5) is 11.5 Å². The minimum absolute atomic E-state index is 0.00912. The highest BCUT2D eigenvalue weighted by Gasteiger charge is 2.12. The first-order valence-electron chi connectivity index (χ1n) is 10.6.